The number of hydrogen-bond acceptors (Lipinski definition) is 3. The summed E-state index contributed by atoms with van der Waals surface area (Å²) in [6.07, 6.45) is 2.20. The number of hydrogen-bond donors (Lipinski definition) is 1. The molecular formula is C23H22IrN2O2-2. The Kier molecular flexibility index (Phi) is 8.90. The quantitative estimate of drug-likeness (QED) is 0.146. The summed E-state index contributed by atoms with van der Waals surface area (Å²) in [5, 5.41) is 22.0. The van der Waals surface area contributed by atoms with E-state index in [1.54, 1.807) is 6.92 Å². The molecule has 0 saturated heterocycles. The van der Waals surface area contributed by atoms with Gasteiger partial charge in [0.25, 0.3) is 0 Å². The molecule has 0 aliphatic rings. The van der Waals surface area contributed by atoms with E-state index in [1.807, 2.05) is 24.3 Å². The zero-order valence-corrected chi connectivity index (χ0v) is 18.7. The van der Waals surface area contributed by atoms with Crippen LogP contribution in [0.1, 0.15) is 26.3 Å². The Morgan fingerprint density at radius 1 is 1.07 bits per heavy atom. The van der Waals surface area contributed by atoms with Gasteiger partial charge in [-0.3, -0.25) is 9.79 Å². The summed E-state index contributed by atoms with van der Waals surface area (Å²) in [6, 6.07) is 17.5. The maximum absolute atomic E-state index is 10.0. The molecule has 0 fully saturated rings. The number of carbonyl (C=O) groups excluding carboxylic acids is 1. The predicted molar refractivity (Wildman–Crippen MR) is 114 cm³/mol. The van der Waals surface area contributed by atoms with E-state index >= 15 is 0 Å². The number of aliphatic imine (C=N–C) groups is 1. The maximum Gasteiger partial charge on any atom is 0.155 e. The number of nitrogens with zero attached hydrogens (tertiary/aromatic N) is 2. The minimum absolute atomic E-state index is 0. The average molecular weight is 551 g/mol. The van der Waals surface area contributed by atoms with Crippen LogP contribution >= 0.6 is 0 Å². The molecule has 1 N–H and O–H groups in total. The summed E-state index contributed by atoms with van der Waals surface area (Å²) >= 11 is 0. The van der Waals surface area contributed by atoms with Gasteiger partial charge in [0.05, 0.1) is 5.76 Å². The number of carbonyl (C=O) groups is 1. The molecule has 28 heavy (non-hydrogen) atoms. The summed E-state index contributed by atoms with van der Waals surface area (Å²) < 4.78 is 0. The summed E-state index contributed by atoms with van der Waals surface area (Å²) in [7, 11) is 0. The van der Waals surface area contributed by atoms with Gasteiger partial charge in [0.1, 0.15) is 0 Å². The van der Waals surface area contributed by atoms with E-state index in [0.717, 1.165) is 33.6 Å². The van der Waals surface area contributed by atoms with Crippen LogP contribution in [0.5, 0.6) is 0 Å². The molecule has 0 heterocycles. The number of aliphatic hydroxyl groups excluding tert-OH is 1. The number of aliphatic hydroxyl groups is 1. The Balaban J connectivity index is 0.000000425. The van der Waals surface area contributed by atoms with Crippen LogP contribution < -0.4 is 0 Å². The Labute approximate surface area is 178 Å². The molecular weight excluding hydrogens is 528 g/mol. The zero-order chi connectivity index (χ0) is 20.0. The Hall–Kier alpha value is -2.62. The van der Waals surface area contributed by atoms with Crippen molar-refractivity contribution >= 4 is 44.9 Å². The first-order valence-electron chi connectivity index (χ1n) is 8.57. The van der Waals surface area contributed by atoms with Gasteiger partial charge in [0.15, 0.2) is 5.78 Å². The Bertz CT molecular complexity index is 1060. The van der Waals surface area contributed by atoms with Crippen molar-refractivity contribution in [1.82, 2.24) is 0 Å². The van der Waals surface area contributed by atoms with Gasteiger partial charge in [-0.2, -0.15) is 6.21 Å². The monoisotopic (exact) mass is 551 g/mol. The standard InChI is InChI=1S/C18H14N2.C5H8O2.Ir/c1-12(11-19)20-18-13(2)14-7-3-4-8-15(14)16-9-5-6-10-17(16)18;1-4(6)3-5(2)7;/h3-6,8-11H,1-2H3;3,6H,1-2H3;/q-2;;/b;4-3-;. The van der Waals surface area contributed by atoms with Crippen LogP contribution in [0.2, 0.25) is 0 Å². The first kappa shape index (κ1) is 23.4. The average Bonchev–Trinajstić information content (AvgIpc) is 2.64. The molecule has 0 saturated carbocycles. The van der Waals surface area contributed by atoms with Gasteiger partial charge in [0.2, 0.25) is 0 Å². The van der Waals surface area contributed by atoms with E-state index in [4.69, 9.17) is 10.5 Å². The van der Waals surface area contributed by atoms with E-state index in [-0.39, 0.29) is 31.6 Å². The zero-order valence-electron chi connectivity index (χ0n) is 16.3. The molecule has 0 unspecified atom stereocenters. The van der Waals surface area contributed by atoms with Crippen molar-refractivity contribution in [2.75, 3.05) is 0 Å². The second-order valence-electron chi connectivity index (χ2n) is 6.26. The molecule has 0 amide bonds. The van der Waals surface area contributed by atoms with Crippen LogP contribution in [-0.2, 0) is 24.9 Å². The van der Waals surface area contributed by atoms with Gasteiger partial charge in [-0.1, -0.05) is 42.1 Å². The second-order valence-corrected chi connectivity index (χ2v) is 6.26. The summed E-state index contributed by atoms with van der Waals surface area (Å²) in [5.74, 6) is -0.0625. The van der Waals surface area contributed by atoms with E-state index in [9.17, 15) is 4.79 Å². The van der Waals surface area contributed by atoms with Crippen LogP contribution in [0.25, 0.3) is 27.0 Å². The van der Waals surface area contributed by atoms with Crippen LogP contribution in [0, 0.1) is 13.0 Å². The largest absolute Gasteiger partial charge is 0.809 e. The molecule has 3 aromatic carbocycles. The molecule has 3 aromatic rings. The van der Waals surface area contributed by atoms with E-state index in [2.05, 4.69) is 36.2 Å². The van der Waals surface area contributed by atoms with E-state index in [1.165, 1.54) is 25.3 Å². The minimum Gasteiger partial charge on any atom is -0.809 e. The predicted octanol–water partition coefficient (Wildman–Crippen LogP) is 5.87. The Morgan fingerprint density at radius 3 is 2.21 bits per heavy atom. The second kappa shape index (κ2) is 10.6. The van der Waals surface area contributed by atoms with Gasteiger partial charge < -0.3 is 10.5 Å². The van der Waals surface area contributed by atoms with Crippen molar-refractivity contribution in [2.45, 2.75) is 27.7 Å². The molecule has 0 bridgehead atoms. The number of rotatable bonds is 3. The van der Waals surface area contributed by atoms with Crippen molar-refractivity contribution in [1.29, 1.82) is 0 Å². The third-order valence-electron chi connectivity index (χ3n) is 3.95. The molecule has 3 rings (SSSR count). The van der Waals surface area contributed by atoms with Gasteiger partial charge in [0, 0.05) is 37.6 Å². The third kappa shape index (κ3) is 5.69. The fourth-order valence-electron chi connectivity index (χ4n) is 2.86. The number of fused-ring (bicyclic) bond motifs is 3. The molecule has 0 atom stereocenters. The van der Waals surface area contributed by atoms with Crippen molar-refractivity contribution in [3.63, 3.8) is 0 Å². The van der Waals surface area contributed by atoms with E-state index < -0.39 is 0 Å². The van der Waals surface area contributed by atoms with Crippen molar-refractivity contribution in [3.05, 3.63) is 71.3 Å². The molecule has 147 valence electrons. The number of ketones is 1. The molecule has 0 aliphatic heterocycles. The first-order chi connectivity index (χ1) is 12.8. The van der Waals surface area contributed by atoms with Crippen LogP contribution in [-0.4, -0.2) is 22.8 Å². The van der Waals surface area contributed by atoms with Gasteiger partial charge >= 0.3 is 0 Å². The summed E-state index contributed by atoms with van der Waals surface area (Å²) in [6.45, 7) is 6.68. The van der Waals surface area contributed by atoms with Crippen LogP contribution in [0.15, 0.2) is 59.3 Å². The molecule has 4 nitrogen and oxygen atoms in total. The van der Waals surface area contributed by atoms with Crippen molar-refractivity contribution < 1.29 is 30.0 Å². The topological polar surface area (TPSA) is 72.0 Å². The molecule has 1 radical (unpaired) electrons. The molecule has 5 heteroatoms. The number of benzene rings is 3. The normalized spacial score (nSPS) is 11.4. The van der Waals surface area contributed by atoms with Gasteiger partial charge in [-0.15, -0.1) is 35.0 Å². The number of allylic oxidation sites excluding steroid dienone is 2. The minimum atomic E-state index is -0.125. The molecule has 0 aliphatic carbocycles. The van der Waals surface area contributed by atoms with Crippen molar-refractivity contribution in [2.24, 2.45) is 4.99 Å². The Morgan fingerprint density at radius 2 is 1.68 bits per heavy atom. The van der Waals surface area contributed by atoms with Gasteiger partial charge in [-0.05, 0) is 26.2 Å². The van der Waals surface area contributed by atoms with Crippen molar-refractivity contribution in [3.8, 4) is 0 Å². The number of aryl methyl sites for hydroxylation is 1. The summed E-state index contributed by atoms with van der Waals surface area (Å²) in [5.41, 5.74) is 2.58. The van der Waals surface area contributed by atoms with Gasteiger partial charge in [-0.25, -0.2) is 0 Å². The fraction of sp³-hybridized carbons (Fsp3) is 0.174. The third-order valence-corrected chi connectivity index (χ3v) is 3.95. The van der Waals surface area contributed by atoms with E-state index in [0.29, 0.717) is 5.71 Å². The fourth-order valence-corrected chi connectivity index (χ4v) is 2.86. The SMILES string of the molecule is CC(=O)/C=C(/C)O.CC(C=[N-])=Nc1c(C)c2[c-]cccc2c2ccccc12.[Ir]. The van der Waals surface area contributed by atoms with Crippen LogP contribution in [0.4, 0.5) is 5.69 Å². The molecule has 0 aromatic heterocycles. The first-order valence-corrected chi connectivity index (χ1v) is 8.57. The molecule has 0 spiro atoms. The smallest absolute Gasteiger partial charge is 0.155 e. The maximum atomic E-state index is 10.0. The summed E-state index contributed by atoms with van der Waals surface area (Å²) in [4.78, 5) is 14.6. The van der Waals surface area contributed by atoms with Crippen LogP contribution in [0.3, 0.4) is 0 Å².